The average Bonchev–Trinajstić information content (AvgIpc) is 2.83. The largest absolute Gasteiger partial charge is 0.416 e. The topological polar surface area (TPSA) is 15.3 Å². The maximum absolute atomic E-state index is 13.5. The van der Waals surface area contributed by atoms with E-state index >= 15 is 0 Å². The summed E-state index contributed by atoms with van der Waals surface area (Å²) in [5, 5.41) is 2.83. The third-order valence-electron chi connectivity index (χ3n) is 3.24. The number of hydrogen-bond acceptors (Lipinski definition) is 2. The van der Waals surface area contributed by atoms with Gasteiger partial charge in [-0.25, -0.2) is 4.39 Å². The van der Waals surface area contributed by atoms with Crippen molar-refractivity contribution in [3.8, 4) is 0 Å². The zero-order chi connectivity index (χ0) is 13.9. The molecule has 0 spiro atoms. The van der Waals surface area contributed by atoms with Gasteiger partial charge in [-0.3, -0.25) is 0 Å². The SMILES string of the molecule is Fc1cc(C(F)(F)F)ccc1NCCN1CCCC1. The number of anilines is 1. The maximum atomic E-state index is 13.5. The number of nitrogens with zero attached hydrogens (tertiary/aromatic N) is 1. The molecular weight excluding hydrogens is 260 g/mol. The van der Waals surface area contributed by atoms with Crippen molar-refractivity contribution in [2.75, 3.05) is 31.5 Å². The molecule has 1 aromatic carbocycles. The van der Waals surface area contributed by atoms with E-state index in [9.17, 15) is 17.6 Å². The molecule has 1 N–H and O–H groups in total. The molecule has 1 aromatic rings. The Labute approximate surface area is 109 Å². The molecule has 0 aromatic heterocycles. The molecule has 0 radical (unpaired) electrons. The van der Waals surface area contributed by atoms with Crippen molar-refractivity contribution in [2.45, 2.75) is 19.0 Å². The van der Waals surface area contributed by atoms with Crippen LogP contribution in [0.1, 0.15) is 18.4 Å². The Hall–Kier alpha value is -1.30. The van der Waals surface area contributed by atoms with E-state index in [4.69, 9.17) is 0 Å². The number of nitrogens with one attached hydrogen (secondary N) is 1. The van der Waals surface area contributed by atoms with Crippen molar-refractivity contribution in [1.82, 2.24) is 4.90 Å². The second-order valence-electron chi connectivity index (χ2n) is 4.67. The van der Waals surface area contributed by atoms with E-state index in [0.29, 0.717) is 12.6 Å². The Morgan fingerprint density at radius 1 is 1.16 bits per heavy atom. The average molecular weight is 276 g/mol. The second kappa shape index (κ2) is 5.77. The first-order valence-electron chi connectivity index (χ1n) is 6.30. The Morgan fingerprint density at radius 3 is 2.42 bits per heavy atom. The van der Waals surface area contributed by atoms with Crippen molar-refractivity contribution in [3.63, 3.8) is 0 Å². The van der Waals surface area contributed by atoms with E-state index in [2.05, 4.69) is 10.2 Å². The van der Waals surface area contributed by atoms with Crippen LogP contribution in [0.4, 0.5) is 23.2 Å². The van der Waals surface area contributed by atoms with Gasteiger partial charge in [-0.1, -0.05) is 0 Å². The molecule has 1 heterocycles. The Balaban J connectivity index is 1.90. The maximum Gasteiger partial charge on any atom is 0.416 e. The van der Waals surface area contributed by atoms with Gasteiger partial charge in [0.1, 0.15) is 5.82 Å². The molecule has 0 aliphatic carbocycles. The van der Waals surface area contributed by atoms with Gasteiger partial charge in [-0.15, -0.1) is 0 Å². The van der Waals surface area contributed by atoms with Crippen LogP contribution in [0.3, 0.4) is 0 Å². The number of halogens is 4. The Bertz CT molecular complexity index is 425. The lowest BCUT2D eigenvalue weighted by molar-refractivity contribution is -0.137. The lowest BCUT2D eigenvalue weighted by atomic mass is 10.2. The smallest absolute Gasteiger partial charge is 0.381 e. The summed E-state index contributed by atoms with van der Waals surface area (Å²) in [6.45, 7) is 3.39. The lowest BCUT2D eigenvalue weighted by Gasteiger charge is -2.16. The predicted molar refractivity (Wildman–Crippen MR) is 65.6 cm³/mol. The van der Waals surface area contributed by atoms with E-state index in [1.54, 1.807) is 0 Å². The number of likely N-dealkylation sites (tertiary alicyclic amines) is 1. The summed E-state index contributed by atoms with van der Waals surface area (Å²) in [7, 11) is 0. The molecule has 1 aliphatic heterocycles. The molecule has 0 bridgehead atoms. The number of hydrogen-bond donors (Lipinski definition) is 1. The zero-order valence-corrected chi connectivity index (χ0v) is 10.4. The summed E-state index contributed by atoms with van der Waals surface area (Å²) >= 11 is 0. The van der Waals surface area contributed by atoms with Crippen molar-refractivity contribution in [1.29, 1.82) is 0 Å². The molecule has 1 fully saturated rings. The molecule has 1 saturated heterocycles. The fraction of sp³-hybridized carbons (Fsp3) is 0.538. The minimum absolute atomic E-state index is 0.118. The van der Waals surface area contributed by atoms with Crippen LogP contribution in [0.15, 0.2) is 18.2 Å². The zero-order valence-electron chi connectivity index (χ0n) is 10.4. The quantitative estimate of drug-likeness (QED) is 0.848. The first-order chi connectivity index (χ1) is 8.97. The van der Waals surface area contributed by atoms with Crippen LogP contribution in [0.5, 0.6) is 0 Å². The highest BCUT2D eigenvalue weighted by molar-refractivity contribution is 5.46. The molecule has 0 atom stereocenters. The Morgan fingerprint density at radius 2 is 1.84 bits per heavy atom. The van der Waals surface area contributed by atoms with Crippen molar-refractivity contribution in [3.05, 3.63) is 29.6 Å². The third-order valence-corrected chi connectivity index (χ3v) is 3.24. The minimum Gasteiger partial charge on any atom is -0.381 e. The summed E-state index contributed by atoms with van der Waals surface area (Å²) in [4.78, 5) is 2.25. The van der Waals surface area contributed by atoms with Gasteiger partial charge in [0.05, 0.1) is 11.3 Å². The van der Waals surface area contributed by atoms with Crippen molar-refractivity contribution >= 4 is 5.69 Å². The summed E-state index contributed by atoms with van der Waals surface area (Å²) in [6.07, 6.45) is -2.15. The van der Waals surface area contributed by atoms with Crippen LogP contribution in [-0.4, -0.2) is 31.1 Å². The monoisotopic (exact) mass is 276 g/mol. The summed E-state index contributed by atoms with van der Waals surface area (Å²) in [5.74, 6) is -0.865. The third kappa shape index (κ3) is 3.83. The number of rotatable bonds is 4. The molecule has 1 aliphatic rings. The van der Waals surface area contributed by atoms with E-state index in [1.165, 1.54) is 12.8 Å². The number of alkyl halides is 3. The van der Waals surface area contributed by atoms with Crippen LogP contribution < -0.4 is 5.32 Å². The van der Waals surface area contributed by atoms with Gasteiger partial charge in [0.15, 0.2) is 0 Å². The van der Waals surface area contributed by atoms with Crippen LogP contribution >= 0.6 is 0 Å². The van der Waals surface area contributed by atoms with Crippen molar-refractivity contribution in [2.24, 2.45) is 0 Å². The van der Waals surface area contributed by atoms with E-state index in [0.717, 1.165) is 31.8 Å². The second-order valence-corrected chi connectivity index (χ2v) is 4.67. The molecule has 19 heavy (non-hydrogen) atoms. The molecule has 0 saturated carbocycles. The standard InChI is InChI=1S/C13H16F4N2/c14-11-9-10(13(15,16)17)3-4-12(11)18-5-8-19-6-1-2-7-19/h3-4,9,18H,1-2,5-8H2. The van der Waals surface area contributed by atoms with E-state index in [-0.39, 0.29) is 5.69 Å². The highest BCUT2D eigenvalue weighted by Crippen LogP contribution is 2.31. The van der Waals surface area contributed by atoms with Crippen LogP contribution in [0.2, 0.25) is 0 Å². The van der Waals surface area contributed by atoms with Crippen LogP contribution in [0, 0.1) is 5.82 Å². The summed E-state index contributed by atoms with van der Waals surface area (Å²) < 4.78 is 50.6. The molecule has 6 heteroatoms. The molecule has 2 rings (SSSR count). The first-order valence-corrected chi connectivity index (χ1v) is 6.30. The van der Waals surface area contributed by atoms with Gasteiger partial charge in [0.2, 0.25) is 0 Å². The van der Waals surface area contributed by atoms with Crippen LogP contribution in [-0.2, 0) is 6.18 Å². The normalized spacial score (nSPS) is 16.8. The van der Waals surface area contributed by atoms with Gasteiger partial charge in [0, 0.05) is 13.1 Å². The fourth-order valence-electron chi connectivity index (χ4n) is 2.19. The molecule has 106 valence electrons. The van der Waals surface area contributed by atoms with Gasteiger partial charge in [-0.05, 0) is 44.1 Å². The van der Waals surface area contributed by atoms with E-state index < -0.39 is 17.6 Å². The van der Waals surface area contributed by atoms with Gasteiger partial charge >= 0.3 is 6.18 Å². The molecular formula is C13H16F4N2. The predicted octanol–water partition coefficient (Wildman–Crippen LogP) is 3.35. The highest BCUT2D eigenvalue weighted by atomic mass is 19.4. The summed E-state index contributed by atoms with van der Waals surface area (Å²) in [5.41, 5.74) is -0.845. The lowest BCUT2D eigenvalue weighted by Crippen LogP contribution is -2.26. The Kier molecular flexibility index (Phi) is 4.29. The minimum atomic E-state index is -4.51. The molecule has 2 nitrogen and oxygen atoms in total. The first kappa shape index (κ1) is 14.1. The fourth-order valence-corrected chi connectivity index (χ4v) is 2.19. The van der Waals surface area contributed by atoms with Crippen LogP contribution in [0.25, 0.3) is 0 Å². The van der Waals surface area contributed by atoms with Gasteiger partial charge in [-0.2, -0.15) is 13.2 Å². The van der Waals surface area contributed by atoms with Gasteiger partial charge in [0.25, 0.3) is 0 Å². The molecule has 0 unspecified atom stereocenters. The number of benzene rings is 1. The summed E-state index contributed by atoms with van der Waals surface area (Å²) in [6, 6.07) is 2.56. The highest BCUT2D eigenvalue weighted by Gasteiger charge is 2.31. The molecule has 0 amide bonds. The van der Waals surface area contributed by atoms with Crippen molar-refractivity contribution < 1.29 is 17.6 Å². The van der Waals surface area contributed by atoms with E-state index in [1.807, 2.05) is 0 Å². The van der Waals surface area contributed by atoms with Gasteiger partial charge < -0.3 is 10.2 Å².